The molecular weight excluding hydrogens is 260 g/mol. The Kier molecular flexibility index (Phi) is 7.42. The number of hydrogen-bond donors (Lipinski definition) is 2. The molecule has 0 amide bonds. The van der Waals surface area contributed by atoms with Crippen LogP contribution in [0.5, 0.6) is 5.75 Å². The molecule has 1 aromatic carbocycles. The van der Waals surface area contributed by atoms with Gasteiger partial charge in [-0.2, -0.15) is 0 Å². The SMILES string of the molecule is CCCOc1cc(NCCCCCO)cc([N+](=O)[O-])c1. The molecule has 0 fully saturated rings. The lowest BCUT2D eigenvalue weighted by atomic mass is 10.2. The summed E-state index contributed by atoms with van der Waals surface area (Å²) in [5.41, 5.74) is 0.714. The highest BCUT2D eigenvalue weighted by Crippen LogP contribution is 2.26. The van der Waals surface area contributed by atoms with Gasteiger partial charge in [0.05, 0.1) is 17.6 Å². The Hall–Kier alpha value is -1.82. The second-order valence-electron chi connectivity index (χ2n) is 4.53. The molecule has 0 spiro atoms. The van der Waals surface area contributed by atoms with E-state index in [1.165, 1.54) is 12.1 Å². The van der Waals surface area contributed by atoms with Gasteiger partial charge in [0.15, 0.2) is 0 Å². The van der Waals surface area contributed by atoms with Crippen molar-refractivity contribution in [2.24, 2.45) is 0 Å². The van der Waals surface area contributed by atoms with E-state index in [-0.39, 0.29) is 12.3 Å². The number of anilines is 1. The number of aliphatic hydroxyl groups is 1. The fourth-order valence-electron chi connectivity index (χ4n) is 1.74. The van der Waals surface area contributed by atoms with Crippen LogP contribution in [0.1, 0.15) is 32.6 Å². The van der Waals surface area contributed by atoms with Crippen LogP contribution in [0.3, 0.4) is 0 Å². The van der Waals surface area contributed by atoms with E-state index in [0.29, 0.717) is 24.6 Å². The summed E-state index contributed by atoms with van der Waals surface area (Å²) in [7, 11) is 0. The Morgan fingerprint density at radius 3 is 2.75 bits per heavy atom. The molecule has 0 aliphatic heterocycles. The molecule has 1 rings (SSSR count). The maximum Gasteiger partial charge on any atom is 0.275 e. The summed E-state index contributed by atoms with van der Waals surface area (Å²) in [5.74, 6) is 0.513. The van der Waals surface area contributed by atoms with E-state index in [1.54, 1.807) is 6.07 Å². The number of non-ortho nitro benzene ring substituents is 1. The molecule has 0 saturated carbocycles. The molecule has 0 aliphatic rings. The Morgan fingerprint density at radius 2 is 2.10 bits per heavy atom. The molecule has 0 aliphatic carbocycles. The van der Waals surface area contributed by atoms with E-state index in [4.69, 9.17) is 9.84 Å². The quantitative estimate of drug-likeness (QED) is 0.391. The minimum atomic E-state index is -0.421. The molecule has 0 heterocycles. The molecule has 20 heavy (non-hydrogen) atoms. The molecule has 0 radical (unpaired) electrons. The first kappa shape index (κ1) is 16.2. The highest BCUT2D eigenvalue weighted by atomic mass is 16.6. The summed E-state index contributed by atoms with van der Waals surface area (Å²) in [4.78, 5) is 10.5. The normalized spacial score (nSPS) is 10.3. The summed E-state index contributed by atoms with van der Waals surface area (Å²) in [6.45, 7) is 3.44. The van der Waals surface area contributed by atoms with Gasteiger partial charge >= 0.3 is 0 Å². The molecule has 0 unspecified atom stereocenters. The van der Waals surface area contributed by atoms with Gasteiger partial charge in [-0.1, -0.05) is 6.92 Å². The highest BCUT2D eigenvalue weighted by molar-refractivity contribution is 5.56. The monoisotopic (exact) mass is 282 g/mol. The van der Waals surface area contributed by atoms with Crippen molar-refractivity contribution in [2.45, 2.75) is 32.6 Å². The lowest BCUT2D eigenvalue weighted by Gasteiger charge is -2.09. The third-order valence-electron chi connectivity index (χ3n) is 2.74. The minimum absolute atomic E-state index is 0.0245. The fourth-order valence-corrected chi connectivity index (χ4v) is 1.74. The van der Waals surface area contributed by atoms with Gasteiger partial charge in [-0.15, -0.1) is 0 Å². The standard InChI is InChI=1S/C14H22N2O4/c1-2-8-20-14-10-12(9-13(11-14)16(18)19)15-6-4-3-5-7-17/h9-11,15,17H,2-8H2,1H3. The third-order valence-corrected chi connectivity index (χ3v) is 2.74. The lowest BCUT2D eigenvalue weighted by molar-refractivity contribution is -0.384. The van der Waals surface area contributed by atoms with Crippen LogP contribution in [0.25, 0.3) is 0 Å². The summed E-state index contributed by atoms with van der Waals surface area (Å²) >= 11 is 0. The van der Waals surface area contributed by atoms with Crippen LogP contribution in [0.4, 0.5) is 11.4 Å². The molecular formula is C14H22N2O4. The van der Waals surface area contributed by atoms with Gasteiger partial charge in [-0.05, 0) is 25.7 Å². The number of benzene rings is 1. The van der Waals surface area contributed by atoms with Gasteiger partial charge < -0.3 is 15.2 Å². The lowest BCUT2D eigenvalue weighted by Crippen LogP contribution is -2.03. The zero-order valence-corrected chi connectivity index (χ0v) is 11.8. The Balaban J connectivity index is 2.63. The van der Waals surface area contributed by atoms with Crippen molar-refractivity contribution in [1.29, 1.82) is 0 Å². The maximum atomic E-state index is 10.9. The average molecular weight is 282 g/mol. The van der Waals surface area contributed by atoms with Crippen LogP contribution in [-0.4, -0.2) is 29.8 Å². The number of nitrogens with zero attached hydrogens (tertiary/aromatic N) is 1. The predicted octanol–water partition coefficient (Wildman–Crippen LogP) is 2.96. The van der Waals surface area contributed by atoms with E-state index in [2.05, 4.69) is 5.32 Å². The van der Waals surface area contributed by atoms with Gasteiger partial charge in [0, 0.05) is 31.0 Å². The van der Waals surface area contributed by atoms with E-state index >= 15 is 0 Å². The van der Waals surface area contributed by atoms with Crippen molar-refractivity contribution in [1.82, 2.24) is 0 Å². The molecule has 6 heteroatoms. The third kappa shape index (κ3) is 5.88. The van der Waals surface area contributed by atoms with Crippen molar-refractivity contribution < 1.29 is 14.8 Å². The highest BCUT2D eigenvalue weighted by Gasteiger charge is 2.10. The topological polar surface area (TPSA) is 84.6 Å². The van der Waals surface area contributed by atoms with E-state index in [9.17, 15) is 10.1 Å². The molecule has 0 saturated heterocycles. The van der Waals surface area contributed by atoms with Gasteiger partial charge in [0.1, 0.15) is 5.75 Å². The number of nitrogens with one attached hydrogen (secondary N) is 1. The first-order valence-corrected chi connectivity index (χ1v) is 6.94. The Labute approximate surface area is 118 Å². The number of ether oxygens (including phenoxy) is 1. The number of hydrogen-bond acceptors (Lipinski definition) is 5. The van der Waals surface area contributed by atoms with Crippen molar-refractivity contribution in [2.75, 3.05) is 25.1 Å². The van der Waals surface area contributed by atoms with Crippen molar-refractivity contribution in [3.63, 3.8) is 0 Å². The van der Waals surface area contributed by atoms with Crippen LogP contribution in [-0.2, 0) is 0 Å². The number of nitro benzene ring substituents is 1. The second-order valence-corrected chi connectivity index (χ2v) is 4.53. The van der Waals surface area contributed by atoms with Crippen molar-refractivity contribution in [3.8, 4) is 5.75 Å². The molecule has 0 aromatic heterocycles. The number of unbranched alkanes of at least 4 members (excludes halogenated alkanes) is 2. The fraction of sp³-hybridized carbons (Fsp3) is 0.571. The average Bonchev–Trinajstić information content (AvgIpc) is 2.44. The smallest absolute Gasteiger partial charge is 0.275 e. The van der Waals surface area contributed by atoms with E-state index in [0.717, 1.165) is 25.7 Å². The Morgan fingerprint density at radius 1 is 1.30 bits per heavy atom. The first-order chi connectivity index (χ1) is 9.67. The molecule has 6 nitrogen and oxygen atoms in total. The summed E-state index contributed by atoms with van der Waals surface area (Å²) < 4.78 is 5.45. The van der Waals surface area contributed by atoms with Gasteiger partial charge in [-0.3, -0.25) is 10.1 Å². The molecule has 2 N–H and O–H groups in total. The summed E-state index contributed by atoms with van der Waals surface area (Å²) in [6, 6.07) is 4.71. The minimum Gasteiger partial charge on any atom is -0.493 e. The van der Waals surface area contributed by atoms with Crippen LogP contribution >= 0.6 is 0 Å². The second kappa shape index (κ2) is 9.14. The van der Waals surface area contributed by atoms with Crippen LogP contribution < -0.4 is 10.1 Å². The predicted molar refractivity (Wildman–Crippen MR) is 78.3 cm³/mol. The number of nitro groups is 1. The zero-order chi connectivity index (χ0) is 14.8. The molecule has 1 aromatic rings. The molecule has 0 bridgehead atoms. The van der Waals surface area contributed by atoms with Gasteiger partial charge in [0.2, 0.25) is 0 Å². The van der Waals surface area contributed by atoms with E-state index < -0.39 is 4.92 Å². The van der Waals surface area contributed by atoms with Crippen LogP contribution in [0.15, 0.2) is 18.2 Å². The maximum absolute atomic E-state index is 10.9. The molecule has 0 atom stereocenters. The summed E-state index contributed by atoms with van der Waals surface area (Å²) in [6.07, 6.45) is 3.47. The molecule has 112 valence electrons. The van der Waals surface area contributed by atoms with Gasteiger partial charge in [-0.25, -0.2) is 0 Å². The number of aliphatic hydroxyl groups excluding tert-OH is 1. The van der Waals surface area contributed by atoms with Crippen LogP contribution in [0.2, 0.25) is 0 Å². The van der Waals surface area contributed by atoms with Gasteiger partial charge in [0.25, 0.3) is 5.69 Å². The Bertz CT molecular complexity index is 424. The number of rotatable bonds is 10. The van der Waals surface area contributed by atoms with Crippen molar-refractivity contribution >= 4 is 11.4 Å². The largest absolute Gasteiger partial charge is 0.493 e. The first-order valence-electron chi connectivity index (χ1n) is 6.94. The van der Waals surface area contributed by atoms with Crippen molar-refractivity contribution in [3.05, 3.63) is 28.3 Å². The summed E-state index contributed by atoms with van der Waals surface area (Å²) in [5, 5.41) is 22.7. The van der Waals surface area contributed by atoms with E-state index in [1.807, 2.05) is 6.92 Å². The van der Waals surface area contributed by atoms with Crippen LogP contribution in [0, 0.1) is 10.1 Å². The zero-order valence-electron chi connectivity index (χ0n) is 11.8.